The Labute approximate surface area is 320 Å². The second-order valence-electron chi connectivity index (χ2n) is 16.1. The van der Waals surface area contributed by atoms with Gasteiger partial charge < -0.3 is 14.2 Å². The van der Waals surface area contributed by atoms with Crippen molar-refractivity contribution in [3.05, 3.63) is 164 Å². The van der Waals surface area contributed by atoms with Crippen molar-refractivity contribution < 1.29 is 14.2 Å². The molecule has 53 heavy (non-hydrogen) atoms. The van der Waals surface area contributed by atoms with Crippen LogP contribution in [0.25, 0.3) is 0 Å². The van der Waals surface area contributed by atoms with Gasteiger partial charge >= 0.3 is 0 Å². The van der Waals surface area contributed by atoms with E-state index in [1.165, 1.54) is 29.4 Å². The maximum Gasteiger partial charge on any atom is 0.121 e. The van der Waals surface area contributed by atoms with Crippen molar-refractivity contribution in [3.8, 4) is 17.2 Å². The van der Waals surface area contributed by atoms with Crippen molar-refractivity contribution in [2.24, 2.45) is 0 Å². The van der Waals surface area contributed by atoms with Gasteiger partial charge in [-0.15, -0.1) is 18.1 Å². The Morgan fingerprint density at radius 1 is 0.283 bits per heavy atom. The van der Waals surface area contributed by atoms with Crippen molar-refractivity contribution >= 4 is 18.1 Å². The molecule has 0 amide bonds. The summed E-state index contributed by atoms with van der Waals surface area (Å²) < 4.78 is 20.0. The zero-order valence-electron chi connectivity index (χ0n) is 32.6. The van der Waals surface area contributed by atoms with E-state index in [9.17, 15) is 0 Å². The standard InChI is InChI=1S/C48H54O3S2/c1-46(2,3)49-37-22-19-31-43(34-37)52(40-25-13-10-14-26-40,41-27-15-11-16-28-41)53(42-29-17-12-18-30-42,44-32-20-23-38(35-44)50-47(4,5)6)45-33-21-24-39(36-45)51-48(7,8)9/h10-36H,1-9H3. The summed E-state index contributed by atoms with van der Waals surface area (Å²) in [6.07, 6.45) is 0. The van der Waals surface area contributed by atoms with Gasteiger partial charge in [0.15, 0.2) is 0 Å². The van der Waals surface area contributed by atoms with E-state index < -0.39 is 18.1 Å². The lowest BCUT2D eigenvalue weighted by molar-refractivity contribution is 0.130. The van der Waals surface area contributed by atoms with Gasteiger partial charge in [0.05, 0.1) is 0 Å². The van der Waals surface area contributed by atoms with Gasteiger partial charge in [0.2, 0.25) is 0 Å². The normalized spacial score (nSPS) is 13.2. The van der Waals surface area contributed by atoms with Gasteiger partial charge in [-0.05, 0) is 153 Å². The molecule has 0 unspecified atom stereocenters. The maximum atomic E-state index is 6.68. The zero-order chi connectivity index (χ0) is 37.9. The average molecular weight is 743 g/mol. The molecule has 3 nitrogen and oxygen atoms in total. The van der Waals surface area contributed by atoms with Gasteiger partial charge in [-0.3, -0.25) is 0 Å². The average Bonchev–Trinajstić information content (AvgIpc) is 3.10. The molecule has 0 saturated carbocycles. The van der Waals surface area contributed by atoms with Gasteiger partial charge in [0.25, 0.3) is 0 Å². The van der Waals surface area contributed by atoms with Crippen molar-refractivity contribution in [2.45, 2.75) is 108 Å². The fraction of sp³-hybridized carbons (Fsp3) is 0.250. The van der Waals surface area contributed by atoms with E-state index >= 15 is 0 Å². The van der Waals surface area contributed by atoms with E-state index in [0.29, 0.717) is 0 Å². The van der Waals surface area contributed by atoms with Crippen LogP contribution in [0.15, 0.2) is 193 Å². The first-order chi connectivity index (χ1) is 25.1. The zero-order valence-corrected chi connectivity index (χ0v) is 34.3. The lowest BCUT2D eigenvalue weighted by Gasteiger charge is -2.60. The first-order valence-electron chi connectivity index (χ1n) is 18.3. The Kier molecular flexibility index (Phi) is 10.8. The molecule has 0 atom stereocenters. The highest BCUT2D eigenvalue weighted by atomic mass is 33.2. The molecule has 0 aliphatic carbocycles. The van der Waals surface area contributed by atoms with Crippen LogP contribution < -0.4 is 14.2 Å². The summed E-state index contributed by atoms with van der Waals surface area (Å²) in [5.74, 6) is 2.52. The number of rotatable bonds is 10. The first kappa shape index (κ1) is 38.2. The molecular weight excluding hydrogens is 689 g/mol. The summed E-state index contributed by atoms with van der Waals surface area (Å²) in [6.45, 7) is 19.0. The molecule has 5 heteroatoms. The Balaban J connectivity index is 1.90. The SMILES string of the molecule is CC(C)(C)Oc1cccc(S(c2ccccc2)(c2ccccc2)S(c2ccccc2)(c2cccc(OC(C)(C)C)c2)c2cccc(OC(C)(C)C)c2)c1. The van der Waals surface area contributed by atoms with Crippen LogP contribution in [-0.4, -0.2) is 16.8 Å². The molecule has 0 aromatic heterocycles. The monoisotopic (exact) mass is 742 g/mol. The fourth-order valence-corrected chi connectivity index (χ4v) is 20.5. The van der Waals surface area contributed by atoms with Crippen LogP contribution in [0, 0.1) is 0 Å². The second kappa shape index (κ2) is 15.0. The molecule has 0 spiro atoms. The van der Waals surface area contributed by atoms with Crippen LogP contribution >= 0.6 is 18.1 Å². The summed E-state index contributed by atoms with van der Waals surface area (Å²) in [5.41, 5.74) is -1.15. The molecule has 0 fully saturated rings. The summed E-state index contributed by atoms with van der Waals surface area (Å²) in [5, 5.41) is 0. The highest BCUT2D eigenvalue weighted by molar-refractivity contribution is 9.08. The molecule has 0 bridgehead atoms. The van der Waals surface area contributed by atoms with Gasteiger partial charge in [0, 0.05) is 29.4 Å². The Hall–Kier alpha value is -4.58. The van der Waals surface area contributed by atoms with Gasteiger partial charge in [-0.25, -0.2) is 0 Å². The minimum Gasteiger partial charge on any atom is -0.488 e. The molecule has 0 saturated heterocycles. The largest absolute Gasteiger partial charge is 0.488 e. The molecule has 276 valence electrons. The van der Waals surface area contributed by atoms with Crippen LogP contribution in [0.2, 0.25) is 0 Å². The van der Waals surface area contributed by atoms with Gasteiger partial charge in [0.1, 0.15) is 34.1 Å². The van der Waals surface area contributed by atoms with Crippen molar-refractivity contribution in [1.82, 2.24) is 0 Å². The number of benzene rings is 6. The van der Waals surface area contributed by atoms with Crippen molar-refractivity contribution in [3.63, 3.8) is 0 Å². The summed E-state index contributed by atoms with van der Waals surface area (Å²) in [7, 11) is -4.64. The third-order valence-corrected chi connectivity index (χ3v) is 20.3. The van der Waals surface area contributed by atoms with Crippen molar-refractivity contribution in [2.75, 3.05) is 0 Å². The molecule has 6 aromatic carbocycles. The van der Waals surface area contributed by atoms with E-state index in [4.69, 9.17) is 14.2 Å². The van der Waals surface area contributed by atoms with Crippen LogP contribution in [0.1, 0.15) is 62.3 Å². The Morgan fingerprint density at radius 2 is 0.509 bits per heavy atom. The van der Waals surface area contributed by atoms with E-state index in [1.54, 1.807) is 0 Å². The lowest BCUT2D eigenvalue weighted by atomic mass is 10.2. The summed E-state index contributed by atoms with van der Waals surface area (Å²) in [4.78, 5) is 7.35. The second-order valence-corrected chi connectivity index (χ2v) is 24.2. The molecule has 0 radical (unpaired) electrons. The summed E-state index contributed by atoms with van der Waals surface area (Å²) >= 11 is 0. The highest BCUT2D eigenvalue weighted by Crippen LogP contribution is 2.99. The van der Waals surface area contributed by atoms with Crippen LogP contribution in [0.5, 0.6) is 17.2 Å². The van der Waals surface area contributed by atoms with E-state index in [-0.39, 0.29) is 16.8 Å². The molecular formula is C48H54O3S2. The maximum absolute atomic E-state index is 6.68. The molecule has 0 heterocycles. The predicted octanol–water partition coefficient (Wildman–Crippen LogP) is 14.4. The van der Waals surface area contributed by atoms with E-state index in [2.05, 4.69) is 226 Å². The predicted molar refractivity (Wildman–Crippen MR) is 225 cm³/mol. The molecule has 6 aromatic rings. The lowest BCUT2D eigenvalue weighted by Crippen LogP contribution is -2.24. The first-order valence-corrected chi connectivity index (χ1v) is 22.1. The molecule has 6 rings (SSSR count). The van der Waals surface area contributed by atoms with Crippen LogP contribution in [-0.2, 0) is 0 Å². The van der Waals surface area contributed by atoms with Crippen LogP contribution in [0.3, 0.4) is 0 Å². The number of hydrogen-bond donors (Lipinski definition) is 0. The van der Waals surface area contributed by atoms with E-state index in [0.717, 1.165) is 17.2 Å². The topological polar surface area (TPSA) is 27.7 Å². The minimum absolute atomic E-state index is 0.378. The third kappa shape index (κ3) is 8.17. The van der Waals surface area contributed by atoms with Gasteiger partial charge in [-0.1, -0.05) is 72.8 Å². The Bertz CT molecular complexity index is 2010. The van der Waals surface area contributed by atoms with Crippen molar-refractivity contribution in [1.29, 1.82) is 0 Å². The molecule has 0 aliphatic rings. The highest BCUT2D eigenvalue weighted by Gasteiger charge is 2.51. The number of ether oxygens (including phenoxy) is 3. The van der Waals surface area contributed by atoms with Gasteiger partial charge in [-0.2, -0.15) is 0 Å². The quantitative estimate of drug-likeness (QED) is 0.131. The molecule has 0 N–H and O–H groups in total. The minimum atomic E-state index is -2.34. The third-order valence-electron chi connectivity index (χ3n) is 8.28. The fourth-order valence-electron chi connectivity index (χ4n) is 6.73. The van der Waals surface area contributed by atoms with E-state index in [1.807, 2.05) is 0 Å². The molecule has 0 aliphatic heterocycles. The smallest absolute Gasteiger partial charge is 0.121 e. The Morgan fingerprint density at radius 3 is 0.755 bits per heavy atom. The van der Waals surface area contributed by atoms with Crippen LogP contribution in [0.4, 0.5) is 0 Å². The summed E-state index contributed by atoms with van der Waals surface area (Å²) in [6, 6.07) is 60.0. The number of hydrogen-bond acceptors (Lipinski definition) is 3.